The second-order valence-electron chi connectivity index (χ2n) is 5.94. The highest BCUT2D eigenvalue weighted by Crippen LogP contribution is 2.27. The van der Waals surface area contributed by atoms with Gasteiger partial charge in [-0.1, -0.05) is 24.3 Å². The standard InChI is InChI=1S/C21H25NO6/c1-25-17-7-5-4-6-16(17)10-11-22-20(23)14-28-21(24)13-15-8-9-18(26-2)19(12-15)27-3/h4-9,12H,10-11,13-14H2,1-3H3,(H,22,23). The van der Waals surface area contributed by atoms with Crippen molar-refractivity contribution in [3.05, 3.63) is 53.6 Å². The lowest BCUT2D eigenvalue weighted by Gasteiger charge is -2.10. The van der Waals surface area contributed by atoms with Gasteiger partial charge >= 0.3 is 5.97 Å². The molecule has 0 atom stereocenters. The molecule has 1 N–H and O–H groups in total. The molecule has 0 aliphatic heterocycles. The van der Waals surface area contributed by atoms with Crippen molar-refractivity contribution in [2.75, 3.05) is 34.5 Å². The minimum Gasteiger partial charge on any atom is -0.496 e. The maximum Gasteiger partial charge on any atom is 0.310 e. The molecule has 2 aromatic carbocycles. The average Bonchev–Trinajstić information content (AvgIpc) is 2.72. The van der Waals surface area contributed by atoms with Gasteiger partial charge in [0.15, 0.2) is 18.1 Å². The van der Waals surface area contributed by atoms with E-state index in [-0.39, 0.29) is 18.9 Å². The molecule has 0 spiro atoms. The van der Waals surface area contributed by atoms with Crippen molar-refractivity contribution in [2.24, 2.45) is 0 Å². The van der Waals surface area contributed by atoms with Crippen LogP contribution in [-0.2, 0) is 27.2 Å². The van der Waals surface area contributed by atoms with Gasteiger partial charge in [-0.2, -0.15) is 0 Å². The van der Waals surface area contributed by atoms with Crippen LogP contribution in [0.15, 0.2) is 42.5 Å². The Morgan fingerprint density at radius 1 is 0.893 bits per heavy atom. The van der Waals surface area contributed by atoms with E-state index in [4.69, 9.17) is 18.9 Å². The first-order chi connectivity index (χ1) is 13.6. The van der Waals surface area contributed by atoms with Crippen LogP contribution >= 0.6 is 0 Å². The number of rotatable bonds is 10. The average molecular weight is 387 g/mol. The number of nitrogens with one attached hydrogen (secondary N) is 1. The maximum absolute atomic E-state index is 12.0. The first kappa shape index (κ1) is 21.1. The molecule has 0 aromatic heterocycles. The SMILES string of the molecule is COc1ccccc1CCNC(=O)COC(=O)Cc1ccc(OC)c(OC)c1. The lowest BCUT2D eigenvalue weighted by Crippen LogP contribution is -2.30. The summed E-state index contributed by atoms with van der Waals surface area (Å²) in [4.78, 5) is 23.8. The van der Waals surface area contributed by atoms with Crippen LogP contribution in [0, 0.1) is 0 Å². The van der Waals surface area contributed by atoms with Gasteiger partial charge in [-0.05, 0) is 35.7 Å². The van der Waals surface area contributed by atoms with Gasteiger partial charge in [-0.15, -0.1) is 0 Å². The molecule has 2 rings (SSSR count). The summed E-state index contributed by atoms with van der Waals surface area (Å²) in [6.45, 7) is 0.102. The quantitative estimate of drug-likeness (QED) is 0.629. The molecule has 0 saturated heterocycles. The number of carbonyl (C=O) groups excluding carboxylic acids is 2. The molecule has 0 saturated carbocycles. The van der Waals surface area contributed by atoms with E-state index in [1.54, 1.807) is 25.3 Å². The fourth-order valence-electron chi connectivity index (χ4n) is 2.65. The molecule has 7 heteroatoms. The van der Waals surface area contributed by atoms with Crippen LogP contribution in [-0.4, -0.2) is 46.4 Å². The summed E-state index contributed by atoms with van der Waals surface area (Å²) in [5, 5.41) is 2.73. The van der Waals surface area contributed by atoms with Crippen LogP contribution in [0.2, 0.25) is 0 Å². The Bertz CT molecular complexity index is 805. The largest absolute Gasteiger partial charge is 0.496 e. The van der Waals surface area contributed by atoms with Gasteiger partial charge in [0.25, 0.3) is 5.91 Å². The van der Waals surface area contributed by atoms with Gasteiger partial charge in [0.1, 0.15) is 5.75 Å². The van der Waals surface area contributed by atoms with Crippen LogP contribution in [0.4, 0.5) is 0 Å². The number of para-hydroxylation sites is 1. The third kappa shape index (κ3) is 6.19. The summed E-state index contributed by atoms with van der Waals surface area (Å²) in [5.74, 6) is 1.04. The predicted molar refractivity (Wildman–Crippen MR) is 104 cm³/mol. The predicted octanol–water partition coefficient (Wildman–Crippen LogP) is 2.16. The molecule has 28 heavy (non-hydrogen) atoms. The summed E-state index contributed by atoms with van der Waals surface area (Å²) in [7, 11) is 4.67. The molecular weight excluding hydrogens is 362 g/mol. The minimum absolute atomic E-state index is 0.0366. The molecule has 0 aliphatic rings. The zero-order valence-electron chi connectivity index (χ0n) is 16.3. The monoisotopic (exact) mass is 387 g/mol. The topological polar surface area (TPSA) is 83.1 Å². The van der Waals surface area contributed by atoms with E-state index in [1.165, 1.54) is 14.2 Å². The van der Waals surface area contributed by atoms with Crippen LogP contribution in [0.5, 0.6) is 17.2 Å². The van der Waals surface area contributed by atoms with Crippen LogP contribution < -0.4 is 19.5 Å². The van der Waals surface area contributed by atoms with Crippen LogP contribution in [0.25, 0.3) is 0 Å². The molecule has 2 aromatic rings. The highest BCUT2D eigenvalue weighted by Gasteiger charge is 2.11. The number of methoxy groups -OCH3 is 3. The minimum atomic E-state index is -0.493. The number of benzene rings is 2. The number of hydrogen-bond donors (Lipinski definition) is 1. The smallest absolute Gasteiger partial charge is 0.310 e. The summed E-state index contributed by atoms with van der Waals surface area (Å²) in [6.07, 6.45) is 0.657. The van der Waals surface area contributed by atoms with E-state index >= 15 is 0 Å². The molecular formula is C21H25NO6. The number of esters is 1. The maximum atomic E-state index is 12.0. The number of amides is 1. The number of ether oxygens (including phenoxy) is 4. The Labute approximate surface area is 164 Å². The van der Waals surface area contributed by atoms with Crippen LogP contribution in [0.1, 0.15) is 11.1 Å². The third-order valence-corrected chi connectivity index (χ3v) is 4.07. The molecule has 0 unspecified atom stereocenters. The van der Waals surface area contributed by atoms with Crippen molar-refractivity contribution in [2.45, 2.75) is 12.8 Å². The molecule has 0 bridgehead atoms. The van der Waals surface area contributed by atoms with Crippen molar-refractivity contribution in [3.8, 4) is 17.2 Å². The molecule has 0 fully saturated rings. The van der Waals surface area contributed by atoms with Gasteiger partial charge in [-0.3, -0.25) is 9.59 Å². The Balaban J connectivity index is 1.74. The molecule has 0 radical (unpaired) electrons. The van der Waals surface area contributed by atoms with Crippen molar-refractivity contribution < 1.29 is 28.5 Å². The van der Waals surface area contributed by atoms with E-state index in [0.717, 1.165) is 11.3 Å². The normalized spacial score (nSPS) is 10.1. The Hall–Kier alpha value is -3.22. The van der Waals surface area contributed by atoms with Crippen molar-refractivity contribution in [1.82, 2.24) is 5.32 Å². The summed E-state index contributed by atoms with van der Waals surface area (Å²) >= 11 is 0. The zero-order chi connectivity index (χ0) is 20.4. The second kappa shape index (κ2) is 10.8. The Morgan fingerprint density at radius 3 is 2.32 bits per heavy atom. The van der Waals surface area contributed by atoms with Gasteiger partial charge in [0.2, 0.25) is 0 Å². The van der Waals surface area contributed by atoms with E-state index < -0.39 is 5.97 Å². The fraction of sp³-hybridized carbons (Fsp3) is 0.333. The first-order valence-corrected chi connectivity index (χ1v) is 8.82. The lowest BCUT2D eigenvalue weighted by molar-refractivity contribution is -0.147. The van der Waals surface area contributed by atoms with Crippen molar-refractivity contribution in [3.63, 3.8) is 0 Å². The van der Waals surface area contributed by atoms with E-state index in [0.29, 0.717) is 30.0 Å². The Kier molecular flexibility index (Phi) is 8.14. The molecule has 150 valence electrons. The zero-order valence-corrected chi connectivity index (χ0v) is 16.3. The molecule has 0 heterocycles. The third-order valence-electron chi connectivity index (χ3n) is 4.07. The summed E-state index contributed by atoms with van der Waals surface area (Å²) in [5.41, 5.74) is 1.70. The fourth-order valence-corrected chi connectivity index (χ4v) is 2.65. The number of carbonyl (C=O) groups is 2. The van der Waals surface area contributed by atoms with Gasteiger partial charge in [-0.25, -0.2) is 0 Å². The first-order valence-electron chi connectivity index (χ1n) is 8.82. The van der Waals surface area contributed by atoms with Crippen molar-refractivity contribution in [1.29, 1.82) is 0 Å². The second-order valence-corrected chi connectivity index (χ2v) is 5.94. The van der Waals surface area contributed by atoms with Crippen LogP contribution in [0.3, 0.4) is 0 Å². The van der Waals surface area contributed by atoms with E-state index in [9.17, 15) is 9.59 Å². The molecule has 1 amide bonds. The number of hydrogen-bond acceptors (Lipinski definition) is 6. The molecule has 0 aliphatic carbocycles. The summed E-state index contributed by atoms with van der Waals surface area (Å²) in [6, 6.07) is 12.8. The van der Waals surface area contributed by atoms with E-state index in [2.05, 4.69) is 5.32 Å². The van der Waals surface area contributed by atoms with Crippen molar-refractivity contribution >= 4 is 11.9 Å². The highest BCUT2D eigenvalue weighted by molar-refractivity contribution is 5.81. The highest BCUT2D eigenvalue weighted by atomic mass is 16.5. The molecule has 7 nitrogen and oxygen atoms in total. The Morgan fingerprint density at radius 2 is 1.61 bits per heavy atom. The lowest BCUT2D eigenvalue weighted by atomic mass is 10.1. The van der Waals surface area contributed by atoms with Gasteiger partial charge in [0, 0.05) is 6.54 Å². The van der Waals surface area contributed by atoms with E-state index in [1.807, 2.05) is 24.3 Å². The van der Waals surface area contributed by atoms with Gasteiger partial charge in [0.05, 0.1) is 27.8 Å². The summed E-state index contributed by atoms with van der Waals surface area (Å²) < 4.78 is 20.7. The van der Waals surface area contributed by atoms with Gasteiger partial charge < -0.3 is 24.3 Å².